The third-order valence-electron chi connectivity index (χ3n) is 4.68. The first-order chi connectivity index (χ1) is 14.0. The molecule has 2 heterocycles. The number of hydrogen-bond donors (Lipinski definition) is 2. The third kappa shape index (κ3) is 3.34. The number of halogens is 1. The molecule has 0 bridgehead atoms. The van der Waals surface area contributed by atoms with Gasteiger partial charge < -0.3 is 15.5 Å². The number of pyridine rings is 1. The summed E-state index contributed by atoms with van der Waals surface area (Å²) in [5.74, 6) is -1.34. The lowest BCUT2D eigenvalue weighted by atomic mass is 10.00. The molecule has 0 fully saturated rings. The highest BCUT2D eigenvalue weighted by molar-refractivity contribution is 6.16. The van der Waals surface area contributed by atoms with Crippen LogP contribution in [0.2, 0.25) is 0 Å². The molecule has 7 heteroatoms. The summed E-state index contributed by atoms with van der Waals surface area (Å²) in [6.45, 7) is 0. The average Bonchev–Trinajstić information content (AvgIpc) is 3.16. The van der Waals surface area contributed by atoms with Crippen LogP contribution in [0.1, 0.15) is 26.3 Å². The minimum Gasteiger partial charge on any atom is -0.497 e. The molecule has 29 heavy (non-hydrogen) atoms. The van der Waals surface area contributed by atoms with E-state index >= 15 is 0 Å². The number of ether oxygens (including phenoxy) is 1. The number of H-pyrrole nitrogens is 1. The van der Waals surface area contributed by atoms with E-state index < -0.39 is 17.5 Å². The fourth-order valence-electron chi connectivity index (χ4n) is 3.15. The summed E-state index contributed by atoms with van der Waals surface area (Å²) in [7, 11) is 1.43. The zero-order valence-corrected chi connectivity index (χ0v) is 15.4. The molecule has 0 aliphatic rings. The molecule has 0 spiro atoms. The average molecular weight is 389 g/mol. The number of aromatic amines is 1. The number of rotatable bonds is 5. The van der Waals surface area contributed by atoms with E-state index in [4.69, 9.17) is 10.5 Å². The molecule has 0 unspecified atom stereocenters. The minimum atomic E-state index is -0.665. The first-order valence-electron chi connectivity index (χ1n) is 8.73. The van der Waals surface area contributed by atoms with Gasteiger partial charge in [-0.2, -0.15) is 0 Å². The number of primary amides is 1. The number of aromatic nitrogens is 2. The topological polar surface area (TPSA) is 98.1 Å². The van der Waals surface area contributed by atoms with Crippen molar-refractivity contribution in [2.75, 3.05) is 7.11 Å². The summed E-state index contributed by atoms with van der Waals surface area (Å²) in [6, 6.07) is 12.7. The summed E-state index contributed by atoms with van der Waals surface area (Å²) in [6.07, 6.45) is 3.13. The first kappa shape index (κ1) is 18.4. The van der Waals surface area contributed by atoms with Gasteiger partial charge in [0.15, 0.2) is 5.78 Å². The molecule has 3 N–H and O–H groups in total. The number of fused-ring (bicyclic) bond motifs is 1. The molecule has 0 aliphatic carbocycles. The maximum absolute atomic E-state index is 14.4. The van der Waals surface area contributed by atoms with Gasteiger partial charge in [-0.25, -0.2) is 9.37 Å². The first-order valence-corrected chi connectivity index (χ1v) is 8.73. The number of ketones is 1. The van der Waals surface area contributed by atoms with E-state index in [-0.39, 0.29) is 5.56 Å². The molecule has 2 aromatic carbocycles. The largest absolute Gasteiger partial charge is 0.497 e. The Bertz CT molecular complexity index is 1260. The molecule has 0 atom stereocenters. The van der Waals surface area contributed by atoms with E-state index in [9.17, 15) is 14.0 Å². The van der Waals surface area contributed by atoms with E-state index in [2.05, 4.69) is 9.97 Å². The van der Waals surface area contributed by atoms with E-state index in [0.29, 0.717) is 33.5 Å². The molecule has 2 aromatic heterocycles. The number of nitrogens with one attached hydrogen (secondary N) is 1. The Morgan fingerprint density at radius 3 is 2.62 bits per heavy atom. The molecule has 6 nitrogen and oxygen atoms in total. The fraction of sp³-hybridized carbons (Fsp3) is 0.0455. The van der Waals surface area contributed by atoms with Crippen LogP contribution in [0.3, 0.4) is 0 Å². The predicted molar refractivity (Wildman–Crippen MR) is 106 cm³/mol. The van der Waals surface area contributed by atoms with Crippen molar-refractivity contribution in [1.82, 2.24) is 9.97 Å². The second-order valence-electron chi connectivity index (χ2n) is 6.44. The van der Waals surface area contributed by atoms with Gasteiger partial charge in [0.25, 0.3) is 0 Å². The molecule has 0 saturated heterocycles. The number of benzene rings is 2. The highest BCUT2D eigenvalue weighted by atomic mass is 19.1. The number of methoxy groups -OCH3 is 1. The van der Waals surface area contributed by atoms with Crippen LogP contribution in [0.15, 0.2) is 60.9 Å². The molecule has 4 aromatic rings. The van der Waals surface area contributed by atoms with Gasteiger partial charge in [0.1, 0.15) is 17.2 Å². The Labute approximate surface area is 165 Å². The van der Waals surface area contributed by atoms with Crippen molar-refractivity contribution in [3.63, 3.8) is 0 Å². The van der Waals surface area contributed by atoms with E-state index in [1.165, 1.54) is 31.5 Å². The predicted octanol–water partition coefficient (Wildman–Crippen LogP) is 3.71. The quantitative estimate of drug-likeness (QED) is 0.509. The Morgan fingerprint density at radius 2 is 1.90 bits per heavy atom. The molecule has 4 rings (SSSR count). The lowest BCUT2D eigenvalue weighted by molar-refractivity contribution is 0.0998. The summed E-state index contributed by atoms with van der Waals surface area (Å²) in [4.78, 5) is 31.7. The number of carbonyl (C=O) groups excluding carboxylic acids is 2. The highest BCUT2D eigenvalue weighted by Gasteiger charge is 2.19. The monoisotopic (exact) mass is 389 g/mol. The van der Waals surface area contributed by atoms with Crippen molar-refractivity contribution in [3.8, 4) is 16.9 Å². The molecular weight excluding hydrogens is 373 g/mol. The Kier molecular flexibility index (Phi) is 4.56. The van der Waals surface area contributed by atoms with Gasteiger partial charge in [-0.15, -0.1) is 0 Å². The second kappa shape index (κ2) is 7.20. The molecule has 1 amide bonds. The smallest absolute Gasteiger partial charge is 0.248 e. The Morgan fingerprint density at radius 1 is 1.07 bits per heavy atom. The van der Waals surface area contributed by atoms with Gasteiger partial charge in [-0.1, -0.05) is 12.1 Å². The van der Waals surface area contributed by atoms with Gasteiger partial charge >= 0.3 is 0 Å². The summed E-state index contributed by atoms with van der Waals surface area (Å²) in [5, 5.41) is 0.548. The summed E-state index contributed by atoms with van der Waals surface area (Å²) in [5.41, 5.74) is 7.88. The second-order valence-corrected chi connectivity index (χ2v) is 6.44. The van der Waals surface area contributed by atoms with Gasteiger partial charge in [-0.05, 0) is 35.9 Å². The minimum absolute atomic E-state index is 0.0622. The standard InChI is InChI=1S/C22H16FN3O3/c1-29-15-5-6-16(19(23)9-15)20(27)18-11-26-22-17(18)8-14(10-25-22)12-3-2-4-13(7-12)21(24)28/h2-11H,1H3,(H2,24,28)(H,25,26). The van der Waals surface area contributed by atoms with Crippen LogP contribution in [0, 0.1) is 5.82 Å². The van der Waals surface area contributed by atoms with Crippen molar-refractivity contribution < 1.29 is 18.7 Å². The molecule has 144 valence electrons. The zero-order chi connectivity index (χ0) is 20.5. The van der Waals surface area contributed by atoms with E-state index in [0.717, 1.165) is 5.56 Å². The third-order valence-corrected chi connectivity index (χ3v) is 4.68. The van der Waals surface area contributed by atoms with Crippen LogP contribution >= 0.6 is 0 Å². The van der Waals surface area contributed by atoms with Crippen LogP contribution in [0.5, 0.6) is 5.75 Å². The van der Waals surface area contributed by atoms with Gasteiger partial charge in [0, 0.05) is 40.5 Å². The maximum atomic E-state index is 14.4. The Hall–Kier alpha value is -4.00. The van der Waals surface area contributed by atoms with Gasteiger partial charge in [0.2, 0.25) is 5.91 Å². The van der Waals surface area contributed by atoms with Crippen LogP contribution in [-0.4, -0.2) is 28.8 Å². The summed E-state index contributed by atoms with van der Waals surface area (Å²) >= 11 is 0. The van der Waals surface area contributed by atoms with Crippen LogP contribution < -0.4 is 10.5 Å². The maximum Gasteiger partial charge on any atom is 0.248 e. The lowest BCUT2D eigenvalue weighted by Gasteiger charge is -2.06. The molecule has 0 aliphatic heterocycles. The van der Waals surface area contributed by atoms with Gasteiger partial charge in [0.05, 0.1) is 12.7 Å². The van der Waals surface area contributed by atoms with Crippen molar-refractivity contribution >= 4 is 22.7 Å². The van der Waals surface area contributed by atoms with E-state index in [1.807, 2.05) is 6.07 Å². The SMILES string of the molecule is COc1ccc(C(=O)c2c[nH]c3ncc(-c4cccc(C(N)=O)c4)cc23)c(F)c1. The van der Waals surface area contributed by atoms with Crippen molar-refractivity contribution in [2.45, 2.75) is 0 Å². The van der Waals surface area contributed by atoms with Crippen LogP contribution in [0.25, 0.3) is 22.2 Å². The van der Waals surface area contributed by atoms with Crippen LogP contribution in [0.4, 0.5) is 4.39 Å². The molecular formula is C22H16FN3O3. The zero-order valence-electron chi connectivity index (χ0n) is 15.4. The number of nitrogens with two attached hydrogens (primary N) is 1. The molecule has 0 saturated carbocycles. The fourth-order valence-corrected chi connectivity index (χ4v) is 3.15. The van der Waals surface area contributed by atoms with Crippen molar-refractivity contribution in [3.05, 3.63) is 83.4 Å². The number of amides is 1. The number of nitrogens with zero attached hydrogens (tertiary/aromatic N) is 1. The number of hydrogen-bond acceptors (Lipinski definition) is 4. The number of carbonyl (C=O) groups is 2. The lowest BCUT2D eigenvalue weighted by Crippen LogP contribution is -2.10. The van der Waals surface area contributed by atoms with Crippen LogP contribution in [-0.2, 0) is 0 Å². The van der Waals surface area contributed by atoms with Crippen molar-refractivity contribution in [2.24, 2.45) is 5.73 Å². The normalized spacial score (nSPS) is 10.8. The van der Waals surface area contributed by atoms with E-state index in [1.54, 1.807) is 30.5 Å². The van der Waals surface area contributed by atoms with Crippen molar-refractivity contribution in [1.29, 1.82) is 0 Å². The summed E-state index contributed by atoms with van der Waals surface area (Å²) < 4.78 is 19.4. The Balaban J connectivity index is 1.79. The highest BCUT2D eigenvalue weighted by Crippen LogP contribution is 2.28. The molecule has 0 radical (unpaired) electrons. The van der Waals surface area contributed by atoms with Gasteiger partial charge in [-0.3, -0.25) is 9.59 Å².